The number of hydrogen-bond acceptors (Lipinski definition) is 5. The second-order valence-corrected chi connectivity index (χ2v) is 5.44. The molecule has 0 bridgehead atoms. The lowest BCUT2D eigenvalue weighted by molar-refractivity contribution is -0.385. The summed E-state index contributed by atoms with van der Waals surface area (Å²) >= 11 is 15.1. The van der Waals surface area contributed by atoms with E-state index in [2.05, 4.69) is 31.2 Å². The molecule has 0 radical (unpaired) electrons. The molecule has 0 saturated heterocycles. The van der Waals surface area contributed by atoms with Crippen LogP contribution in [0.2, 0.25) is 10.3 Å². The zero-order chi connectivity index (χ0) is 14.9. The molecule has 1 heterocycles. The van der Waals surface area contributed by atoms with Crippen LogP contribution in [-0.4, -0.2) is 14.9 Å². The van der Waals surface area contributed by atoms with Crippen molar-refractivity contribution in [1.82, 2.24) is 9.97 Å². The van der Waals surface area contributed by atoms with Gasteiger partial charge in [-0.05, 0) is 36.7 Å². The Morgan fingerprint density at radius 1 is 1.35 bits per heavy atom. The summed E-state index contributed by atoms with van der Waals surface area (Å²) in [6.45, 7) is 1.49. The lowest BCUT2D eigenvalue weighted by Gasteiger charge is -2.09. The van der Waals surface area contributed by atoms with E-state index in [9.17, 15) is 10.1 Å². The standard InChI is InChI=1S/C11H7BrCl2N4O2/c1-5-9(18(19)20)10(17-11(14)15-5)16-8-4-6(12)2-3-7(8)13/h2-4H,1H3,(H,15,16,17). The van der Waals surface area contributed by atoms with Gasteiger partial charge in [0.1, 0.15) is 5.69 Å². The second kappa shape index (κ2) is 5.90. The number of hydrogen-bond donors (Lipinski definition) is 1. The topological polar surface area (TPSA) is 81.0 Å². The van der Waals surface area contributed by atoms with E-state index in [0.29, 0.717) is 10.7 Å². The molecule has 0 amide bonds. The van der Waals surface area contributed by atoms with Crippen LogP contribution in [0.15, 0.2) is 22.7 Å². The predicted octanol–water partition coefficient (Wildman–Crippen LogP) is 4.51. The lowest BCUT2D eigenvalue weighted by atomic mass is 10.3. The third-order valence-electron chi connectivity index (χ3n) is 2.40. The zero-order valence-corrected chi connectivity index (χ0v) is 13.1. The maximum absolute atomic E-state index is 11.1. The summed E-state index contributed by atoms with van der Waals surface area (Å²) in [5.41, 5.74) is 0.396. The molecular weight excluding hydrogens is 371 g/mol. The molecule has 1 N–H and O–H groups in total. The van der Waals surface area contributed by atoms with Gasteiger partial charge in [0.05, 0.1) is 15.6 Å². The molecule has 0 fully saturated rings. The Morgan fingerprint density at radius 3 is 2.70 bits per heavy atom. The SMILES string of the molecule is Cc1nc(Cl)nc(Nc2cc(Br)ccc2Cl)c1[N+](=O)[O-]. The van der Waals surface area contributed by atoms with Crippen LogP contribution in [0.25, 0.3) is 0 Å². The maximum Gasteiger partial charge on any atom is 0.332 e. The first-order valence-electron chi connectivity index (χ1n) is 5.29. The van der Waals surface area contributed by atoms with Crippen LogP contribution in [0.5, 0.6) is 0 Å². The molecule has 0 aliphatic rings. The van der Waals surface area contributed by atoms with Gasteiger partial charge in [0.25, 0.3) is 0 Å². The van der Waals surface area contributed by atoms with Crippen molar-refractivity contribution in [2.45, 2.75) is 6.92 Å². The molecule has 0 unspecified atom stereocenters. The summed E-state index contributed by atoms with van der Waals surface area (Å²) in [6, 6.07) is 5.08. The normalized spacial score (nSPS) is 10.4. The zero-order valence-electron chi connectivity index (χ0n) is 10.0. The quantitative estimate of drug-likeness (QED) is 0.483. The molecule has 0 aliphatic heterocycles. The summed E-state index contributed by atoms with van der Waals surface area (Å²) < 4.78 is 0.768. The number of nitrogens with one attached hydrogen (secondary N) is 1. The van der Waals surface area contributed by atoms with Crippen molar-refractivity contribution in [3.8, 4) is 0 Å². The fraction of sp³-hybridized carbons (Fsp3) is 0.0909. The number of benzene rings is 1. The van der Waals surface area contributed by atoms with Crippen LogP contribution in [0.3, 0.4) is 0 Å². The Balaban J connectivity index is 2.53. The highest BCUT2D eigenvalue weighted by Crippen LogP contribution is 2.33. The van der Waals surface area contributed by atoms with E-state index in [4.69, 9.17) is 23.2 Å². The number of anilines is 2. The van der Waals surface area contributed by atoms with Gasteiger partial charge in [-0.25, -0.2) is 4.98 Å². The second-order valence-electron chi connectivity index (χ2n) is 3.78. The van der Waals surface area contributed by atoms with Gasteiger partial charge in [0.2, 0.25) is 11.1 Å². The highest BCUT2D eigenvalue weighted by molar-refractivity contribution is 9.10. The Hall–Kier alpha value is -1.44. The van der Waals surface area contributed by atoms with Crippen molar-refractivity contribution >= 4 is 56.3 Å². The first kappa shape index (κ1) is 15.0. The molecule has 2 aromatic rings. The molecule has 6 nitrogen and oxygen atoms in total. The number of aryl methyl sites for hydroxylation is 1. The minimum atomic E-state index is -0.570. The van der Waals surface area contributed by atoms with E-state index in [0.717, 1.165) is 4.47 Å². The molecule has 0 aliphatic carbocycles. The first-order chi connectivity index (χ1) is 9.38. The monoisotopic (exact) mass is 376 g/mol. The molecule has 0 saturated carbocycles. The smallest absolute Gasteiger partial charge is 0.332 e. The third kappa shape index (κ3) is 3.17. The number of nitrogens with zero attached hydrogens (tertiary/aromatic N) is 3. The molecule has 0 spiro atoms. The van der Waals surface area contributed by atoms with E-state index >= 15 is 0 Å². The predicted molar refractivity (Wildman–Crippen MR) is 80.9 cm³/mol. The van der Waals surface area contributed by atoms with Crippen molar-refractivity contribution < 1.29 is 4.92 Å². The summed E-state index contributed by atoms with van der Waals surface area (Å²) in [6.07, 6.45) is 0. The van der Waals surface area contributed by atoms with Gasteiger partial charge < -0.3 is 5.32 Å². The van der Waals surface area contributed by atoms with Gasteiger partial charge in [-0.15, -0.1) is 0 Å². The highest BCUT2D eigenvalue weighted by atomic mass is 79.9. The minimum absolute atomic E-state index is 0.00694. The fourth-order valence-electron chi connectivity index (χ4n) is 1.56. The number of halogens is 3. The average Bonchev–Trinajstić information content (AvgIpc) is 2.32. The number of aromatic nitrogens is 2. The molecule has 1 aromatic carbocycles. The molecular formula is C11H7BrCl2N4O2. The van der Waals surface area contributed by atoms with Crippen LogP contribution < -0.4 is 5.32 Å². The minimum Gasteiger partial charge on any atom is -0.333 e. The van der Waals surface area contributed by atoms with Crippen LogP contribution in [0.4, 0.5) is 17.2 Å². The van der Waals surface area contributed by atoms with Gasteiger partial charge in [0.15, 0.2) is 0 Å². The van der Waals surface area contributed by atoms with Crippen LogP contribution >= 0.6 is 39.1 Å². The summed E-state index contributed by atoms with van der Waals surface area (Å²) in [5.74, 6) is -0.00694. The molecule has 0 atom stereocenters. The van der Waals surface area contributed by atoms with Crippen molar-refractivity contribution in [1.29, 1.82) is 0 Å². The molecule has 104 valence electrons. The van der Waals surface area contributed by atoms with Gasteiger partial charge >= 0.3 is 5.69 Å². The summed E-state index contributed by atoms with van der Waals surface area (Å²) in [5, 5.41) is 14.2. The van der Waals surface area contributed by atoms with Crippen LogP contribution in [-0.2, 0) is 0 Å². The Kier molecular flexibility index (Phi) is 4.42. The van der Waals surface area contributed by atoms with Crippen molar-refractivity contribution in [3.63, 3.8) is 0 Å². The summed E-state index contributed by atoms with van der Waals surface area (Å²) in [4.78, 5) is 18.1. The number of nitro groups is 1. The maximum atomic E-state index is 11.1. The van der Waals surface area contributed by atoms with Crippen molar-refractivity contribution in [2.75, 3.05) is 5.32 Å². The van der Waals surface area contributed by atoms with Gasteiger partial charge in [-0.1, -0.05) is 27.5 Å². The third-order valence-corrected chi connectivity index (χ3v) is 3.39. The van der Waals surface area contributed by atoms with Gasteiger partial charge in [0, 0.05) is 4.47 Å². The van der Waals surface area contributed by atoms with E-state index in [-0.39, 0.29) is 22.5 Å². The van der Waals surface area contributed by atoms with Crippen molar-refractivity contribution in [3.05, 3.63) is 48.8 Å². The molecule has 9 heteroatoms. The number of rotatable bonds is 3. The van der Waals surface area contributed by atoms with E-state index in [1.54, 1.807) is 18.2 Å². The molecule has 2 rings (SSSR count). The highest BCUT2D eigenvalue weighted by Gasteiger charge is 2.22. The van der Waals surface area contributed by atoms with E-state index < -0.39 is 4.92 Å². The molecule has 20 heavy (non-hydrogen) atoms. The van der Waals surface area contributed by atoms with Crippen LogP contribution in [0, 0.1) is 17.0 Å². The van der Waals surface area contributed by atoms with E-state index in [1.807, 2.05) is 0 Å². The van der Waals surface area contributed by atoms with Gasteiger partial charge in [-0.3, -0.25) is 10.1 Å². The first-order valence-corrected chi connectivity index (χ1v) is 6.84. The van der Waals surface area contributed by atoms with Crippen LogP contribution in [0.1, 0.15) is 5.69 Å². The summed E-state index contributed by atoms with van der Waals surface area (Å²) in [7, 11) is 0. The van der Waals surface area contributed by atoms with E-state index in [1.165, 1.54) is 6.92 Å². The van der Waals surface area contributed by atoms with Crippen molar-refractivity contribution in [2.24, 2.45) is 0 Å². The largest absolute Gasteiger partial charge is 0.333 e. The molecule has 1 aromatic heterocycles. The Bertz CT molecular complexity index is 696. The van der Waals surface area contributed by atoms with Gasteiger partial charge in [-0.2, -0.15) is 4.98 Å². The Morgan fingerprint density at radius 2 is 2.05 bits per heavy atom. The lowest BCUT2D eigenvalue weighted by Crippen LogP contribution is -2.04. The Labute approximate surface area is 132 Å². The average molecular weight is 378 g/mol. The fourth-order valence-corrected chi connectivity index (χ4v) is 2.30.